The van der Waals surface area contributed by atoms with Crippen molar-refractivity contribution in [2.24, 2.45) is 0 Å². The summed E-state index contributed by atoms with van der Waals surface area (Å²) in [5.74, 6) is 0. The molecule has 0 aliphatic rings. The van der Waals surface area contributed by atoms with Crippen molar-refractivity contribution in [3.63, 3.8) is 0 Å². The number of hydrogen-bond acceptors (Lipinski definition) is 1. The molecule has 0 N–H and O–H groups in total. The molecule has 0 heterocycles. The zero-order chi connectivity index (χ0) is 6.41. The molecule has 0 saturated carbocycles. The summed E-state index contributed by atoms with van der Waals surface area (Å²) in [6.07, 6.45) is 3.15. The molecule has 48 valence electrons. The van der Waals surface area contributed by atoms with Crippen LogP contribution < -0.4 is 0 Å². The molecular weight excluding hydrogens is 100 g/mol. The van der Waals surface area contributed by atoms with Gasteiger partial charge in [-0.2, -0.15) is 0 Å². The molecule has 0 fully saturated rings. The zero-order valence-corrected chi connectivity index (χ0v) is 5.52. The second kappa shape index (κ2) is 5.10. The van der Waals surface area contributed by atoms with Gasteiger partial charge >= 0.3 is 0 Å². The first-order valence-electron chi connectivity index (χ1n) is 2.96. The van der Waals surface area contributed by atoms with Gasteiger partial charge < -0.3 is 4.74 Å². The summed E-state index contributed by atoms with van der Waals surface area (Å²) >= 11 is 0. The van der Waals surface area contributed by atoms with Gasteiger partial charge in [-0.15, -0.1) is 0 Å². The molecule has 1 nitrogen and oxygen atoms in total. The summed E-state index contributed by atoms with van der Waals surface area (Å²) in [7, 11) is 1.71. The first-order chi connectivity index (χ1) is 3.85. The van der Waals surface area contributed by atoms with Crippen molar-refractivity contribution in [3.05, 3.63) is 13.8 Å². The number of methoxy groups -OCH3 is 1. The van der Waals surface area contributed by atoms with E-state index >= 15 is 0 Å². The average Bonchev–Trinajstić information content (AvgIpc) is 1.83. The van der Waals surface area contributed by atoms with Crippen LogP contribution in [-0.4, -0.2) is 13.2 Å². The monoisotopic (exact) mass is 114 g/mol. The molecule has 0 spiro atoms. The van der Waals surface area contributed by atoms with Crippen molar-refractivity contribution in [1.29, 1.82) is 0 Å². The summed E-state index contributed by atoms with van der Waals surface area (Å²) in [6.45, 7) is 7.44. The van der Waals surface area contributed by atoms with Crippen LogP contribution in [0.2, 0.25) is 0 Å². The summed E-state index contributed by atoms with van der Waals surface area (Å²) in [6, 6.07) is 0. The largest absolute Gasteiger partial charge is 0.381 e. The summed E-state index contributed by atoms with van der Waals surface area (Å²) in [5.41, 5.74) is 0. The van der Waals surface area contributed by atoms with Gasteiger partial charge in [0.1, 0.15) is 0 Å². The molecule has 0 amide bonds. The minimum atomic E-state index is 0.326. The third-order valence-corrected chi connectivity index (χ3v) is 1.18. The Hall–Kier alpha value is -0.0400. The molecule has 2 radical (unpaired) electrons. The van der Waals surface area contributed by atoms with Gasteiger partial charge in [0, 0.05) is 7.11 Å². The van der Waals surface area contributed by atoms with Gasteiger partial charge in [0.2, 0.25) is 0 Å². The highest BCUT2D eigenvalue weighted by molar-refractivity contribution is 4.58. The van der Waals surface area contributed by atoms with E-state index in [1.807, 2.05) is 0 Å². The molecular formula is C7H14O. The van der Waals surface area contributed by atoms with E-state index < -0.39 is 0 Å². The summed E-state index contributed by atoms with van der Waals surface area (Å²) < 4.78 is 5.04. The maximum absolute atomic E-state index is 5.04. The predicted octanol–water partition coefficient (Wildman–Crippen LogP) is 1.84. The summed E-state index contributed by atoms with van der Waals surface area (Å²) in [5, 5.41) is 0. The lowest BCUT2D eigenvalue weighted by Crippen LogP contribution is -2.07. The van der Waals surface area contributed by atoms with E-state index in [4.69, 9.17) is 4.74 Å². The molecule has 8 heavy (non-hydrogen) atoms. The predicted molar refractivity (Wildman–Crippen MR) is 35.4 cm³/mol. The van der Waals surface area contributed by atoms with Crippen LogP contribution in [0.25, 0.3) is 0 Å². The second-order valence-electron chi connectivity index (χ2n) is 1.79. The van der Waals surface area contributed by atoms with Crippen LogP contribution in [0.5, 0.6) is 0 Å². The molecule has 0 rings (SSSR count). The second-order valence-corrected chi connectivity index (χ2v) is 1.79. The fourth-order valence-corrected chi connectivity index (χ4v) is 0.608. The van der Waals surface area contributed by atoms with Gasteiger partial charge in [0.05, 0.1) is 6.10 Å². The first-order valence-corrected chi connectivity index (χ1v) is 2.96. The van der Waals surface area contributed by atoms with Crippen LogP contribution in [0.4, 0.5) is 0 Å². The third-order valence-electron chi connectivity index (χ3n) is 1.18. The normalized spacial score (nSPS) is 13.9. The van der Waals surface area contributed by atoms with Gasteiger partial charge in [-0.05, 0) is 12.8 Å². The van der Waals surface area contributed by atoms with E-state index in [1.54, 1.807) is 7.11 Å². The van der Waals surface area contributed by atoms with Crippen LogP contribution >= 0.6 is 0 Å². The van der Waals surface area contributed by atoms with Crippen molar-refractivity contribution < 1.29 is 4.74 Å². The molecule has 0 saturated heterocycles. The van der Waals surface area contributed by atoms with Gasteiger partial charge in [0.15, 0.2) is 0 Å². The lowest BCUT2D eigenvalue weighted by atomic mass is 10.2. The Bertz CT molecular complexity index is 39.7. The Labute approximate surface area is 52.0 Å². The van der Waals surface area contributed by atoms with Gasteiger partial charge in [0.25, 0.3) is 0 Å². The smallest absolute Gasteiger partial charge is 0.0571 e. The molecule has 0 aromatic rings. The summed E-state index contributed by atoms with van der Waals surface area (Å²) in [4.78, 5) is 0. The van der Waals surface area contributed by atoms with E-state index in [0.717, 1.165) is 19.3 Å². The van der Waals surface area contributed by atoms with E-state index in [0.29, 0.717) is 6.10 Å². The Balaban J connectivity index is 3.07. The van der Waals surface area contributed by atoms with Crippen LogP contribution in [0.15, 0.2) is 0 Å². The molecule has 1 heteroatoms. The topological polar surface area (TPSA) is 9.23 Å². The Kier molecular flexibility index (Phi) is 5.08. The highest BCUT2D eigenvalue weighted by Crippen LogP contribution is 2.02. The Morgan fingerprint density at radius 1 is 1.50 bits per heavy atom. The van der Waals surface area contributed by atoms with Crippen LogP contribution in [0.3, 0.4) is 0 Å². The minimum absolute atomic E-state index is 0.326. The highest BCUT2D eigenvalue weighted by atomic mass is 16.5. The molecule has 0 aliphatic carbocycles. The van der Waals surface area contributed by atoms with Crippen molar-refractivity contribution in [3.8, 4) is 0 Å². The number of ether oxygens (including phenoxy) is 1. The lowest BCUT2D eigenvalue weighted by molar-refractivity contribution is 0.0980. The molecule has 0 aromatic carbocycles. The van der Waals surface area contributed by atoms with E-state index in [1.165, 1.54) is 0 Å². The molecule has 0 aromatic heterocycles. The van der Waals surface area contributed by atoms with Crippen molar-refractivity contribution in [2.75, 3.05) is 7.11 Å². The van der Waals surface area contributed by atoms with Gasteiger partial charge in [-0.3, -0.25) is 0 Å². The SMILES string of the molecule is [CH2]CCC(C[CH2])OC. The van der Waals surface area contributed by atoms with Crippen molar-refractivity contribution >= 4 is 0 Å². The van der Waals surface area contributed by atoms with Gasteiger partial charge in [-0.25, -0.2) is 0 Å². The maximum Gasteiger partial charge on any atom is 0.0571 e. The minimum Gasteiger partial charge on any atom is -0.381 e. The first kappa shape index (κ1) is 7.96. The average molecular weight is 114 g/mol. The fourth-order valence-electron chi connectivity index (χ4n) is 0.608. The highest BCUT2D eigenvalue weighted by Gasteiger charge is 1.99. The van der Waals surface area contributed by atoms with Gasteiger partial charge in [-0.1, -0.05) is 20.3 Å². The molecule has 0 bridgehead atoms. The maximum atomic E-state index is 5.04. The third kappa shape index (κ3) is 3.03. The van der Waals surface area contributed by atoms with E-state index in [2.05, 4.69) is 13.8 Å². The lowest BCUT2D eigenvalue weighted by Gasteiger charge is -2.09. The zero-order valence-electron chi connectivity index (χ0n) is 5.52. The van der Waals surface area contributed by atoms with Crippen molar-refractivity contribution in [1.82, 2.24) is 0 Å². The van der Waals surface area contributed by atoms with Crippen molar-refractivity contribution in [2.45, 2.75) is 25.4 Å². The van der Waals surface area contributed by atoms with Crippen LogP contribution in [0, 0.1) is 13.8 Å². The fraction of sp³-hybridized carbons (Fsp3) is 0.714. The Morgan fingerprint density at radius 2 is 2.12 bits per heavy atom. The quantitative estimate of drug-likeness (QED) is 0.542. The molecule has 1 atom stereocenters. The standard InChI is InChI=1S/C7H14O/c1-4-6-7(5-2)8-3/h7H,1-2,4-6H2,3H3. The number of hydrogen-bond donors (Lipinski definition) is 0. The Morgan fingerprint density at radius 3 is 2.25 bits per heavy atom. The van der Waals surface area contributed by atoms with E-state index in [-0.39, 0.29) is 0 Å². The number of rotatable bonds is 4. The van der Waals surface area contributed by atoms with E-state index in [9.17, 15) is 0 Å². The molecule has 1 unspecified atom stereocenters. The van der Waals surface area contributed by atoms with Crippen LogP contribution in [-0.2, 0) is 4.74 Å². The molecule has 0 aliphatic heterocycles. The van der Waals surface area contributed by atoms with Crippen LogP contribution in [0.1, 0.15) is 19.3 Å².